The molecule has 0 radical (unpaired) electrons. The fourth-order valence-corrected chi connectivity index (χ4v) is 2.30. The van der Waals surface area contributed by atoms with Crippen LogP contribution in [0.4, 0.5) is 5.69 Å². The number of amides is 1. The number of carbonyl (C=O) groups is 1. The number of anilines is 1. The summed E-state index contributed by atoms with van der Waals surface area (Å²) >= 11 is 0. The summed E-state index contributed by atoms with van der Waals surface area (Å²) in [6.45, 7) is 3.22. The van der Waals surface area contributed by atoms with Gasteiger partial charge < -0.3 is 15.4 Å². The Morgan fingerprint density at radius 3 is 2.95 bits per heavy atom. The molecule has 1 aromatic rings. The summed E-state index contributed by atoms with van der Waals surface area (Å²) in [5.41, 5.74) is 6.63. The van der Waals surface area contributed by atoms with Gasteiger partial charge in [-0.15, -0.1) is 0 Å². The Morgan fingerprint density at radius 2 is 2.16 bits per heavy atom. The van der Waals surface area contributed by atoms with Crippen LogP contribution in [-0.4, -0.2) is 25.1 Å². The van der Waals surface area contributed by atoms with Crippen LogP contribution in [0.3, 0.4) is 0 Å². The molecule has 1 unspecified atom stereocenters. The average molecular weight is 262 g/mol. The van der Waals surface area contributed by atoms with Gasteiger partial charge in [-0.3, -0.25) is 4.79 Å². The average Bonchev–Trinajstić information content (AvgIpc) is 2.54. The third-order valence-corrected chi connectivity index (χ3v) is 3.32. The molecule has 1 amide bonds. The van der Waals surface area contributed by atoms with Crippen LogP contribution in [0.2, 0.25) is 0 Å². The Kier molecular flexibility index (Phi) is 4.80. The summed E-state index contributed by atoms with van der Waals surface area (Å²) in [5, 5.41) is 0. The minimum Gasteiger partial charge on any atom is -0.491 e. The lowest BCUT2D eigenvalue weighted by atomic mass is 10.1. The van der Waals surface area contributed by atoms with Gasteiger partial charge in [0.05, 0.1) is 18.7 Å². The van der Waals surface area contributed by atoms with Crippen LogP contribution in [0.1, 0.15) is 32.6 Å². The van der Waals surface area contributed by atoms with Gasteiger partial charge in [0, 0.05) is 12.6 Å². The number of carbonyl (C=O) groups excluding carboxylic acids is 1. The van der Waals surface area contributed by atoms with Crippen molar-refractivity contribution >= 4 is 11.6 Å². The number of nitrogens with two attached hydrogens (primary N) is 1. The Morgan fingerprint density at radius 1 is 1.37 bits per heavy atom. The van der Waals surface area contributed by atoms with Crippen LogP contribution < -0.4 is 15.4 Å². The number of ether oxygens (including phenoxy) is 1. The van der Waals surface area contributed by atoms with Gasteiger partial charge in [0.2, 0.25) is 5.91 Å². The minimum absolute atomic E-state index is 0.144. The summed E-state index contributed by atoms with van der Waals surface area (Å²) in [5.74, 6) is 0.950. The number of para-hydroxylation sites is 2. The lowest BCUT2D eigenvalue weighted by Gasteiger charge is -2.22. The van der Waals surface area contributed by atoms with Crippen molar-refractivity contribution in [1.29, 1.82) is 0 Å². The largest absolute Gasteiger partial charge is 0.491 e. The molecule has 0 aliphatic carbocycles. The lowest BCUT2D eigenvalue weighted by molar-refractivity contribution is -0.118. The Hall–Kier alpha value is -1.55. The van der Waals surface area contributed by atoms with E-state index >= 15 is 0 Å². The third kappa shape index (κ3) is 3.70. The molecule has 0 fully saturated rings. The van der Waals surface area contributed by atoms with Gasteiger partial charge in [-0.2, -0.15) is 0 Å². The number of benzene rings is 1. The molecule has 2 N–H and O–H groups in total. The second-order valence-electron chi connectivity index (χ2n) is 5.08. The van der Waals surface area contributed by atoms with Gasteiger partial charge in [0.15, 0.2) is 0 Å². The molecule has 4 nitrogen and oxygen atoms in total. The van der Waals surface area contributed by atoms with Crippen LogP contribution >= 0.6 is 0 Å². The number of unbranched alkanes of at least 4 members (excludes halogenated alkanes) is 1. The molecular formula is C15H22N2O2. The van der Waals surface area contributed by atoms with E-state index in [0.717, 1.165) is 37.2 Å². The topological polar surface area (TPSA) is 55.6 Å². The van der Waals surface area contributed by atoms with Gasteiger partial charge in [-0.25, -0.2) is 0 Å². The van der Waals surface area contributed by atoms with Crippen LogP contribution in [0.5, 0.6) is 5.75 Å². The molecule has 0 aromatic heterocycles. The van der Waals surface area contributed by atoms with E-state index in [1.807, 2.05) is 36.1 Å². The van der Waals surface area contributed by atoms with Crippen molar-refractivity contribution in [3.63, 3.8) is 0 Å². The van der Waals surface area contributed by atoms with Crippen molar-refractivity contribution in [2.24, 2.45) is 5.73 Å². The standard InChI is InChI=1S/C15H22N2O2/c1-12(16)6-4-5-10-17-13-7-2-3-8-14(13)19-11-9-15(17)18/h2-3,7-8,12H,4-6,9-11,16H2,1H3. The molecule has 0 saturated heterocycles. The van der Waals surface area contributed by atoms with Gasteiger partial charge in [-0.1, -0.05) is 18.6 Å². The predicted molar refractivity (Wildman–Crippen MR) is 76.4 cm³/mol. The molecule has 4 heteroatoms. The highest BCUT2D eigenvalue weighted by Gasteiger charge is 2.22. The summed E-state index contributed by atoms with van der Waals surface area (Å²) in [4.78, 5) is 14.0. The van der Waals surface area contributed by atoms with Gasteiger partial charge >= 0.3 is 0 Å². The summed E-state index contributed by atoms with van der Waals surface area (Å²) < 4.78 is 5.61. The quantitative estimate of drug-likeness (QED) is 0.828. The van der Waals surface area contributed by atoms with E-state index in [1.165, 1.54) is 0 Å². The van der Waals surface area contributed by atoms with Gasteiger partial charge in [-0.05, 0) is 31.9 Å². The summed E-state index contributed by atoms with van der Waals surface area (Å²) in [6, 6.07) is 7.97. The van der Waals surface area contributed by atoms with E-state index in [0.29, 0.717) is 13.0 Å². The Labute approximate surface area is 114 Å². The van der Waals surface area contributed by atoms with Crippen LogP contribution in [0, 0.1) is 0 Å². The molecule has 1 aromatic carbocycles. The molecule has 1 atom stereocenters. The third-order valence-electron chi connectivity index (χ3n) is 3.32. The van der Waals surface area contributed by atoms with Crippen molar-refractivity contribution in [3.8, 4) is 5.75 Å². The summed E-state index contributed by atoms with van der Waals surface area (Å²) in [6.07, 6.45) is 3.47. The first-order chi connectivity index (χ1) is 9.18. The molecule has 0 spiro atoms. The van der Waals surface area contributed by atoms with Crippen LogP contribution in [0.15, 0.2) is 24.3 Å². The maximum absolute atomic E-state index is 12.1. The highest BCUT2D eigenvalue weighted by molar-refractivity contribution is 5.95. The SMILES string of the molecule is CC(N)CCCCN1C(=O)CCOc2ccccc21. The maximum Gasteiger partial charge on any atom is 0.230 e. The molecular weight excluding hydrogens is 240 g/mol. The first kappa shape index (κ1) is 13.9. The smallest absolute Gasteiger partial charge is 0.230 e. The highest BCUT2D eigenvalue weighted by Crippen LogP contribution is 2.31. The zero-order chi connectivity index (χ0) is 13.7. The molecule has 19 heavy (non-hydrogen) atoms. The number of nitrogens with zero attached hydrogens (tertiary/aromatic N) is 1. The molecule has 0 bridgehead atoms. The second kappa shape index (κ2) is 6.57. The fraction of sp³-hybridized carbons (Fsp3) is 0.533. The fourth-order valence-electron chi connectivity index (χ4n) is 2.30. The van der Waals surface area contributed by atoms with Crippen LogP contribution in [-0.2, 0) is 4.79 Å². The van der Waals surface area contributed by atoms with E-state index in [2.05, 4.69) is 0 Å². The van der Waals surface area contributed by atoms with E-state index < -0.39 is 0 Å². The second-order valence-corrected chi connectivity index (χ2v) is 5.08. The van der Waals surface area contributed by atoms with Crippen molar-refractivity contribution < 1.29 is 9.53 Å². The molecule has 2 rings (SSSR count). The predicted octanol–water partition coefficient (Wildman–Crippen LogP) is 2.32. The maximum atomic E-state index is 12.1. The zero-order valence-corrected chi connectivity index (χ0v) is 11.5. The highest BCUT2D eigenvalue weighted by atomic mass is 16.5. The van der Waals surface area contributed by atoms with Gasteiger partial charge in [0.25, 0.3) is 0 Å². The number of rotatable bonds is 5. The first-order valence-corrected chi connectivity index (χ1v) is 6.96. The molecule has 1 aliphatic heterocycles. The van der Waals surface area contributed by atoms with E-state index in [1.54, 1.807) is 0 Å². The first-order valence-electron chi connectivity index (χ1n) is 6.96. The number of hydrogen-bond donors (Lipinski definition) is 1. The molecule has 1 aliphatic rings. The van der Waals surface area contributed by atoms with Crippen molar-refractivity contribution in [2.45, 2.75) is 38.6 Å². The molecule has 1 heterocycles. The van der Waals surface area contributed by atoms with E-state index in [9.17, 15) is 4.79 Å². The van der Waals surface area contributed by atoms with Crippen molar-refractivity contribution in [1.82, 2.24) is 0 Å². The van der Waals surface area contributed by atoms with Crippen LogP contribution in [0.25, 0.3) is 0 Å². The van der Waals surface area contributed by atoms with Gasteiger partial charge in [0.1, 0.15) is 5.75 Å². The normalized spacial score (nSPS) is 16.5. The Balaban J connectivity index is 2.02. The zero-order valence-electron chi connectivity index (χ0n) is 11.5. The number of hydrogen-bond acceptors (Lipinski definition) is 3. The van der Waals surface area contributed by atoms with Crippen molar-refractivity contribution in [2.75, 3.05) is 18.1 Å². The Bertz CT molecular complexity index is 432. The van der Waals surface area contributed by atoms with Crippen molar-refractivity contribution in [3.05, 3.63) is 24.3 Å². The monoisotopic (exact) mass is 262 g/mol. The molecule has 0 saturated carbocycles. The molecule has 104 valence electrons. The lowest BCUT2D eigenvalue weighted by Crippen LogP contribution is -2.31. The van der Waals surface area contributed by atoms with E-state index in [4.69, 9.17) is 10.5 Å². The number of fused-ring (bicyclic) bond motifs is 1. The minimum atomic E-state index is 0.144. The van der Waals surface area contributed by atoms with E-state index in [-0.39, 0.29) is 11.9 Å². The summed E-state index contributed by atoms with van der Waals surface area (Å²) in [7, 11) is 0.